The Labute approximate surface area is 82.9 Å². The zero-order valence-corrected chi connectivity index (χ0v) is 8.43. The highest BCUT2D eigenvalue weighted by molar-refractivity contribution is 5.33. The minimum Gasteiger partial charge on any atom is -0.317 e. The Hall–Kier alpha value is -0.960. The lowest BCUT2D eigenvalue weighted by Gasteiger charge is -2.26. The zero-order valence-electron chi connectivity index (χ0n) is 8.43. The molecule has 78 valence electrons. The van der Waals surface area contributed by atoms with Crippen LogP contribution in [0.25, 0.3) is 0 Å². The number of hydrogen-bond donors (Lipinski definition) is 1. The van der Waals surface area contributed by atoms with Crippen molar-refractivity contribution in [3.05, 3.63) is 35.4 Å². The highest BCUT2D eigenvalue weighted by atomic mass is 19.3. The molecular formula is C11H15F2N. The number of benzene rings is 1. The van der Waals surface area contributed by atoms with Crippen molar-refractivity contribution in [3.63, 3.8) is 0 Å². The first-order valence-corrected chi connectivity index (χ1v) is 4.65. The molecule has 1 unspecified atom stereocenters. The van der Waals surface area contributed by atoms with E-state index in [2.05, 4.69) is 0 Å². The molecule has 0 amide bonds. The van der Waals surface area contributed by atoms with Crippen LogP contribution in [0.3, 0.4) is 0 Å². The topological polar surface area (TPSA) is 26.0 Å². The fourth-order valence-corrected chi connectivity index (χ4v) is 1.47. The Morgan fingerprint density at radius 2 is 1.93 bits per heavy atom. The predicted octanol–water partition coefficient (Wildman–Crippen LogP) is 2.69. The molecule has 1 nitrogen and oxygen atoms in total. The monoisotopic (exact) mass is 199 g/mol. The van der Waals surface area contributed by atoms with E-state index < -0.39 is 12.0 Å². The number of halogens is 2. The number of aryl methyl sites for hydroxylation is 1. The molecule has 0 aromatic heterocycles. The molecule has 0 radical (unpaired) electrons. The van der Waals surface area contributed by atoms with Crippen molar-refractivity contribution in [3.8, 4) is 0 Å². The summed E-state index contributed by atoms with van der Waals surface area (Å²) in [5.41, 5.74) is 5.48. The first kappa shape index (κ1) is 11.1. The van der Waals surface area contributed by atoms with Gasteiger partial charge in [-0.3, -0.25) is 0 Å². The lowest BCUT2D eigenvalue weighted by Crippen LogP contribution is -2.41. The van der Waals surface area contributed by atoms with Crippen LogP contribution >= 0.6 is 0 Å². The molecule has 3 heteroatoms. The average molecular weight is 199 g/mol. The Morgan fingerprint density at radius 3 is 2.43 bits per heavy atom. The molecule has 14 heavy (non-hydrogen) atoms. The molecule has 1 rings (SSSR count). The maximum absolute atomic E-state index is 12.7. The van der Waals surface area contributed by atoms with Crippen LogP contribution < -0.4 is 5.73 Å². The van der Waals surface area contributed by atoms with Gasteiger partial charge in [-0.2, -0.15) is 0 Å². The highest BCUT2D eigenvalue weighted by Gasteiger charge is 2.33. The van der Waals surface area contributed by atoms with Crippen LogP contribution in [0, 0.1) is 0 Å². The summed E-state index contributed by atoms with van der Waals surface area (Å²) in [6.45, 7) is 3.30. The zero-order chi connectivity index (χ0) is 10.8. The standard InChI is InChI=1S/C11H15F2N/c1-3-8-6-4-5-7-9(8)11(2,14)10(12)13/h4-7,10H,3,14H2,1-2H3. The maximum Gasteiger partial charge on any atom is 0.260 e. The number of rotatable bonds is 3. The molecule has 0 bridgehead atoms. The van der Waals surface area contributed by atoms with Crippen molar-refractivity contribution in [2.24, 2.45) is 5.73 Å². The van der Waals surface area contributed by atoms with Crippen LogP contribution in [0.5, 0.6) is 0 Å². The summed E-state index contributed by atoms with van der Waals surface area (Å²) in [6.07, 6.45) is -1.83. The Balaban J connectivity index is 3.17. The Kier molecular flexibility index (Phi) is 3.21. The van der Waals surface area contributed by atoms with E-state index in [1.54, 1.807) is 12.1 Å². The molecular weight excluding hydrogens is 184 g/mol. The fraction of sp³-hybridized carbons (Fsp3) is 0.455. The van der Waals surface area contributed by atoms with Gasteiger partial charge in [0.25, 0.3) is 6.43 Å². The maximum atomic E-state index is 12.7. The van der Waals surface area contributed by atoms with E-state index in [4.69, 9.17) is 5.73 Å². The van der Waals surface area contributed by atoms with Gasteiger partial charge < -0.3 is 5.73 Å². The van der Waals surface area contributed by atoms with Crippen LogP contribution in [0.2, 0.25) is 0 Å². The van der Waals surface area contributed by atoms with Crippen molar-refractivity contribution >= 4 is 0 Å². The minimum atomic E-state index is -2.55. The molecule has 0 heterocycles. The van der Waals surface area contributed by atoms with E-state index in [0.717, 1.165) is 12.0 Å². The predicted molar refractivity (Wildman–Crippen MR) is 53.4 cm³/mol. The third-order valence-electron chi connectivity index (χ3n) is 2.43. The fourth-order valence-electron chi connectivity index (χ4n) is 1.47. The molecule has 0 saturated carbocycles. The van der Waals surface area contributed by atoms with Crippen molar-refractivity contribution in [2.75, 3.05) is 0 Å². The molecule has 0 aliphatic heterocycles. The largest absolute Gasteiger partial charge is 0.317 e. The van der Waals surface area contributed by atoms with Gasteiger partial charge in [-0.05, 0) is 24.5 Å². The Bertz CT molecular complexity index is 308. The second kappa shape index (κ2) is 4.05. The molecule has 2 N–H and O–H groups in total. The molecule has 0 saturated heterocycles. The van der Waals surface area contributed by atoms with Gasteiger partial charge in [-0.15, -0.1) is 0 Å². The van der Waals surface area contributed by atoms with Crippen LogP contribution in [-0.4, -0.2) is 6.43 Å². The van der Waals surface area contributed by atoms with E-state index in [9.17, 15) is 8.78 Å². The van der Waals surface area contributed by atoms with E-state index in [1.807, 2.05) is 19.1 Å². The molecule has 1 aromatic rings. The lowest BCUT2D eigenvalue weighted by molar-refractivity contribution is 0.0620. The summed E-state index contributed by atoms with van der Waals surface area (Å²) in [6, 6.07) is 7.08. The second-order valence-corrected chi connectivity index (χ2v) is 3.59. The lowest BCUT2D eigenvalue weighted by atomic mass is 9.88. The summed E-state index contributed by atoms with van der Waals surface area (Å²) >= 11 is 0. The number of alkyl halides is 2. The SMILES string of the molecule is CCc1ccccc1C(C)(N)C(F)F. The quantitative estimate of drug-likeness (QED) is 0.795. The summed E-state index contributed by atoms with van der Waals surface area (Å²) in [7, 11) is 0. The third kappa shape index (κ3) is 1.93. The number of nitrogens with two attached hydrogens (primary N) is 1. The van der Waals surface area contributed by atoms with Gasteiger partial charge in [0.05, 0.1) is 5.54 Å². The summed E-state index contributed by atoms with van der Waals surface area (Å²) < 4.78 is 25.4. The van der Waals surface area contributed by atoms with Crippen molar-refractivity contribution in [1.29, 1.82) is 0 Å². The van der Waals surface area contributed by atoms with Gasteiger partial charge in [0, 0.05) is 0 Å². The van der Waals surface area contributed by atoms with Crippen LogP contribution in [0.1, 0.15) is 25.0 Å². The summed E-state index contributed by atoms with van der Waals surface area (Å²) in [5.74, 6) is 0. The second-order valence-electron chi connectivity index (χ2n) is 3.59. The van der Waals surface area contributed by atoms with Gasteiger partial charge in [-0.1, -0.05) is 31.2 Å². The molecule has 1 atom stereocenters. The van der Waals surface area contributed by atoms with Gasteiger partial charge in [0.2, 0.25) is 0 Å². The van der Waals surface area contributed by atoms with Crippen LogP contribution in [-0.2, 0) is 12.0 Å². The first-order chi connectivity index (χ1) is 6.50. The molecule has 1 aromatic carbocycles. The third-order valence-corrected chi connectivity index (χ3v) is 2.43. The molecule has 0 fully saturated rings. The highest BCUT2D eigenvalue weighted by Crippen LogP contribution is 2.28. The van der Waals surface area contributed by atoms with E-state index in [-0.39, 0.29) is 0 Å². The molecule has 0 spiro atoms. The van der Waals surface area contributed by atoms with Crippen molar-refractivity contribution in [1.82, 2.24) is 0 Å². The normalized spacial score (nSPS) is 15.6. The van der Waals surface area contributed by atoms with Crippen LogP contribution in [0.4, 0.5) is 8.78 Å². The van der Waals surface area contributed by atoms with Gasteiger partial charge in [0.1, 0.15) is 0 Å². The van der Waals surface area contributed by atoms with E-state index >= 15 is 0 Å². The first-order valence-electron chi connectivity index (χ1n) is 4.65. The molecule has 0 aliphatic carbocycles. The van der Waals surface area contributed by atoms with Gasteiger partial charge in [-0.25, -0.2) is 8.78 Å². The van der Waals surface area contributed by atoms with Gasteiger partial charge in [0.15, 0.2) is 0 Å². The van der Waals surface area contributed by atoms with E-state index in [0.29, 0.717) is 5.56 Å². The van der Waals surface area contributed by atoms with Gasteiger partial charge >= 0.3 is 0 Å². The average Bonchev–Trinajstić information content (AvgIpc) is 2.17. The number of hydrogen-bond acceptors (Lipinski definition) is 1. The Morgan fingerprint density at radius 1 is 1.36 bits per heavy atom. The van der Waals surface area contributed by atoms with Crippen LogP contribution in [0.15, 0.2) is 24.3 Å². The smallest absolute Gasteiger partial charge is 0.260 e. The molecule has 0 aliphatic rings. The minimum absolute atomic E-state index is 0.539. The van der Waals surface area contributed by atoms with Crippen molar-refractivity contribution < 1.29 is 8.78 Å². The summed E-state index contributed by atoms with van der Waals surface area (Å²) in [4.78, 5) is 0. The van der Waals surface area contributed by atoms with E-state index in [1.165, 1.54) is 6.92 Å². The van der Waals surface area contributed by atoms with Crippen molar-refractivity contribution in [2.45, 2.75) is 32.2 Å². The summed E-state index contributed by atoms with van der Waals surface area (Å²) in [5, 5.41) is 0.